The number of rotatable bonds is 13. The summed E-state index contributed by atoms with van der Waals surface area (Å²) in [6, 6.07) is 3.59. The number of methoxy groups -OCH3 is 2. The highest BCUT2D eigenvalue weighted by Gasteiger charge is 2.94. The van der Waals surface area contributed by atoms with Gasteiger partial charge in [-0.05, 0) is 24.1 Å². The molecule has 0 saturated carbocycles. The van der Waals surface area contributed by atoms with E-state index < -0.39 is 66.8 Å². The van der Waals surface area contributed by atoms with Gasteiger partial charge in [-0.2, -0.15) is 61.5 Å². The van der Waals surface area contributed by atoms with Crippen LogP contribution < -0.4 is 14.8 Å². The third-order valence-corrected chi connectivity index (χ3v) is 5.10. The highest BCUT2D eigenvalue weighted by Crippen LogP contribution is 2.62. The van der Waals surface area contributed by atoms with Gasteiger partial charge in [0.15, 0.2) is 11.5 Å². The lowest BCUT2D eigenvalue weighted by Gasteiger charge is -2.42. The Hall–Kier alpha value is -2.83. The van der Waals surface area contributed by atoms with Gasteiger partial charge in [-0.1, -0.05) is 6.07 Å². The topological polar surface area (TPSA) is 47.6 Å². The van der Waals surface area contributed by atoms with Crippen molar-refractivity contribution in [3.05, 3.63) is 23.8 Å². The van der Waals surface area contributed by atoms with Gasteiger partial charge in [0.1, 0.15) is 0 Å². The molecule has 0 atom stereocenters. The van der Waals surface area contributed by atoms with E-state index in [0.717, 1.165) is 18.5 Å². The number of alkyl halides is 16. The van der Waals surface area contributed by atoms with Crippen LogP contribution in [0.1, 0.15) is 5.56 Å². The van der Waals surface area contributed by atoms with Gasteiger partial charge in [0.25, 0.3) is 5.91 Å². The molecule has 0 aliphatic rings. The van der Waals surface area contributed by atoms with Crippen molar-refractivity contribution >= 4 is 5.91 Å². The summed E-state index contributed by atoms with van der Waals surface area (Å²) in [5.74, 6) is -59.6. The molecule has 0 spiro atoms. The number of nitrogens with one attached hydrogen (secondary N) is 1. The van der Waals surface area contributed by atoms with Gasteiger partial charge < -0.3 is 14.8 Å². The molecule has 0 radical (unpaired) electrons. The summed E-state index contributed by atoms with van der Waals surface area (Å²) in [7, 11) is 2.36. The molecule has 4 nitrogen and oxygen atoms in total. The minimum Gasteiger partial charge on any atom is -0.493 e. The second-order valence-corrected chi connectivity index (χ2v) is 7.57. The number of ether oxygens (including phenoxy) is 2. The minimum atomic E-state index is -8.56. The van der Waals surface area contributed by atoms with Crippen molar-refractivity contribution in [2.24, 2.45) is 0 Å². The van der Waals surface area contributed by atoms with Crippen LogP contribution >= 0.6 is 0 Å². The van der Waals surface area contributed by atoms with Crippen LogP contribution in [0.4, 0.5) is 70.2 Å². The predicted molar refractivity (Wildman–Crippen MR) is 96.9 cm³/mol. The first-order chi connectivity index (χ1) is 17.3. The number of benzene rings is 1. The molecule has 1 N–H and O–H groups in total. The molecule has 0 fully saturated rings. The van der Waals surface area contributed by atoms with Crippen LogP contribution in [0.15, 0.2) is 18.2 Å². The Morgan fingerprint density at radius 2 is 1.15 bits per heavy atom. The molecular weight excluding hydrogens is 594 g/mol. The van der Waals surface area contributed by atoms with Crippen molar-refractivity contribution in [2.75, 3.05) is 20.8 Å². The lowest BCUT2D eigenvalue weighted by atomic mass is 9.89. The van der Waals surface area contributed by atoms with Crippen molar-refractivity contribution in [3.8, 4) is 11.5 Å². The van der Waals surface area contributed by atoms with E-state index in [-0.39, 0.29) is 17.1 Å². The van der Waals surface area contributed by atoms with Gasteiger partial charge in [0.05, 0.1) is 14.2 Å². The molecule has 1 aromatic rings. The first-order valence-electron chi connectivity index (χ1n) is 9.74. The van der Waals surface area contributed by atoms with Crippen LogP contribution in [0, 0.1) is 0 Å². The minimum absolute atomic E-state index is 0.0233. The Kier molecular flexibility index (Phi) is 9.32. The Balaban J connectivity index is 3.28. The molecule has 20 heteroatoms. The molecule has 1 amide bonds. The third-order valence-electron chi connectivity index (χ3n) is 5.10. The molecule has 39 heavy (non-hydrogen) atoms. The van der Waals surface area contributed by atoms with Crippen LogP contribution in [-0.4, -0.2) is 74.6 Å². The first kappa shape index (κ1) is 34.2. The zero-order valence-electron chi connectivity index (χ0n) is 19.0. The van der Waals surface area contributed by atoms with E-state index in [1.165, 1.54) is 19.2 Å². The second-order valence-electron chi connectivity index (χ2n) is 7.57. The Morgan fingerprint density at radius 3 is 1.59 bits per heavy atom. The molecule has 226 valence electrons. The van der Waals surface area contributed by atoms with Crippen LogP contribution in [0.2, 0.25) is 0 Å². The zero-order valence-corrected chi connectivity index (χ0v) is 19.0. The monoisotopic (exact) mass is 609 g/mol. The average molecular weight is 609 g/mol. The van der Waals surface area contributed by atoms with Gasteiger partial charge in [0.2, 0.25) is 0 Å². The highest BCUT2D eigenvalue weighted by molar-refractivity contribution is 5.84. The van der Waals surface area contributed by atoms with Gasteiger partial charge in [0, 0.05) is 6.54 Å². The van der Waals surface area contributed by atoms with Crippen molar-refractivity contribution in [3.63, 3.8) is 0 Å². The fourth-order valence-electron chi connectivity index (χ4n) is 2.75. The normalized spacial score (nSPS) is 14.4. The number of halogens is 16. The van der Waals surface area contributed by atoms with Crippen molar-refractivity contribution < 1.29 is 84.5 Å². The summed E-state index contributed by atoms with van der Waals surface area (Å²) in [5, 5.41) is 0.901. The van der Waals surface area contributed by atoms with E-state index in [0.29, 0.717) is 0 Å². The first-order valence-corrected chi connectivity index (χ1v) is 9.74. The molecule has 0 aromatic heterocycles. The summed E-state index contributed by atoms with van der Waals surface area (Å²) in [5.41, 5.74) is 0.0849. The van der Waals surface area contributed by atoms with Crippen molar-refractivity contribution in [1.82, 2.24) is 5.32 Å². The van der Waals surface area contributed by atoms with Gasteiger partial charge in [-0.15, -0.1) is 0 Å². The number of carbonyl (C=O) groups excluding carboxylic acids is 1. The lowest BCUT2D eigenvalue weighted by molar-refractivity contribution is -0.443. The van der Waals surface area contributed by atoms with Crippen molar-refractivity contribution in [2.45, 2.75) is 54.3 Å². The lowest BCUT2D eigenvalue weighted by Crippen LogP contribution is -2.74. The largest absolute Gasteiger partial charge is 0.493 e. The standard InChI is InChI=1S/C19H15F16NO3/c1-38-9-4-3-8(7-10(9)39-2)5-6-36-12(37)14(24,25)16(28,29)18(32,33)19(34,35)17(30,31)15(26,27)13(22,23)11(20)21/h3-4,7,11H,5-6H2,1-2H3,(H,36,37). The van der Waals surface area contributed by atoms with E-state index in [1.54, 1.807) is 0 Å². The zero-order chi connectivity index (χ0) is 31.0. The maximum absolute atomic E-state index is 13.9. The fourth-order valence-corrected chi connectivity index (χ4v) is 2.75. The van der Waals surface area contributed by atoms with Crippen LogP contribution in [0.5, 0.6) is 11.5 Å². The quantitative estimate of drug-likeness (QED) is 0.276. The fraction of sp³-hybridized carbons (Fsp3) is 0.632. The van der Waals surface area contributed by atoms with E-state index in [9.17, 15) is 75.0 Å². The summed E-state index contributed by atoms with van der Waals surface area (Å²) < 4.78 is 223. The summed E-state index contributed by atoms with van der Waals surface area (Å²) in [6.07, 6.45) is -6.49. The smallest absolute Gasteiger partial charge is 0.392 e. The third kappa shape index (κ3) is 5.21. The molecule has 0 aliphatic carbocycles. The molecular formula is C19H15F16NO3. The van der Waals surface area contributed by atoms with E-state index in [2.05, 4.69) is 0 Å². The Morgan fingerprint density at radius 1 is 0.718 bits per heavy atom. The maximum Gasteiger partial charge on any atom is 0.392 e. The maximum atomic E-state index is 13.9. The number of hydrogen-bond acceptors (Lipinski definition) is 3. The molecule has 0 saturated heterocycles. The number of carbonyl (C=O) groups is 1. The SMILES string of the molecule is COc1ccc(CCNC(=O)C(F)(F)C(F)(F)C(F)(F)C(F)(F)C(F)(F)C(F)(F)C(F)(F)C(F)F)cc1OC. The molecule has 1 rings (SSSR count). The van der Waals surface area contributed by atoms with Gasteiger partial charge in [-0.3, -0.25) is 4.79 Å². The number of amides is 1. The predicted octanol–water partition coefficient (Wildman–Crippen LogP) is 6.07. The highest BCUT2D eigenvalue weighted by atomic mass is 19.4. The summed E-state index contributed by atoms with van der Waals surface area (Å²) >= 11 is 0. The van der Waals surface area contributed by atoms with E-state index in [4.69, 9.17) is 9.47 Å². The molecule has 0 aliphatic heterocycles. The van der Waals surface area contributed by atoms with E-state index in [1.807, 2.05) is 0 Å². The van der Waals surface area contributed by atoms with Crippen LogP contribution in [-0.2, 0) is 11.2 Å². The molecule has 0 unspecified atom stereocenters. The second kappa shape index (κ2) is 10.6. The molecule has 0 heterocycles. The van der Waals surface area contributed by atoms with Gasteiger partial charge >= 0.3 is 47.9 Å². The molecule has 1 aromatic carbocycles. The Labute approximate surface area is 207 Å². The van der Waals surface area contributed by atoms with Gasteiger partial charge in [-0.25, -0.2) is 8.78 Å². The van der Waals surface area contributed by atoms with Crippen LogP contribution in [0.25, 0.3) is 0 Å². The Bertz CT molecular complexity index is 1030. The summed E-state index contributed by atoms with van der Waals surface area (Å²) in [6.45, 7) is -1.13. The number of hydrogen-bond donors (Lipinski definition) is 1. The summed E-state index contributed by atoms with van der Waals surface area (Å²) in [4.78, 5) is 11.5. The van der Waals surface area contributed by atoms with Crippen molar-refractivity contribution in [1.29, 1.82) is 0 Å². The molecule has 0 bridgehead atoms. The van der Waals surface area contributed by atoms with Crippen LogP contribution in [0.3, 0.4) is 0 Å². The average Bonchev–Trinajstić information content (AvgIpc) is 2.82. The van der Waals surface area contributed by atoms with E-state index >= 15 is 0 Å².